The smallest absolute Gasteiger partial charge is 0.292 e. The highest BCUT2D eigenvalue weighted by Crippen LogP contribution is 2.40. The predicted molar refractivity (Wildman–Crippen MR) is 117 cm³/mol. The second-order valence-corrected chi connectivity index (χ2v) is 6.91. The van der Waals surface area contributed by atoms with Crippen LogP contribution < -0.4 is 9.64 Å². The van der Waals surface area contributed by atoms with Crippen LogP contribution >= 0.6 is 0 Å². The summed E-state index contributed by atoms with van der Waals surface area (Å²) in [6.45, 7) is 11.9. The Bertz CT molecular complexity index is 920. The van der Waals surface area contributed by atoms with Crippen LogP contribution in [0.15, 0.2) is 42.7 Å². The van der Waals surface area contributed by atoms with Gasteiger partial charge in [0.2, 0.25) is 5.75 Å². The normalized spacial score (nSPS) is 17.3. The quantitative estimate of drug-likeness (QED) is 0.523. The number of fused-ring (bicyclic) bond motifs is 1. The second kappa shape index (κ2) is 10.8. The summed E-state index contributed by atoms with van der Waals surface area (Å²) in [7, 11) is 1.79. The molecule has 0 saturated carbocycles. The maximum absolute atomic E-state index is 9.11. The van der Waals surface area contributed by atoms with E-state index in [1.807, 2.05) is 30.5 Å². The molecule has 2 unspecified atom stereocenters. The summed E-state index contributed by atoms with van der Waals surface area (Å²) in [5, 5.41) is 17.9. The van der Waals surface area contributed by atoms with Crippen LogP contribution in [0.25, 0.3) is 0 Å². The third-order valence-corrected chi connectivity index (χ3v) is 5.30. The first kappa shape index (κ1) is 22.7. The molecule has 0 saturated heterocycles. The van der Waals surface area contributed by atoms with Gasteiger partial charge in [-0.3, -0.25) is 4.57 Å². The lowest BCUT2D eigenvalue weighted by Gasteiger charge is -2.33. The number of allylic oxidation sites excluding steroid dienone is 1. The highest BCUT2D eigenvalue weighted by atomic mass is 16.5. The van der Waals surface area contributed by atoms with Gasteiger partial charge in [-0.25, -0.2) is 0 Å². The molecule has 2 aromatic rings. The van der Waals surface area contributed by atoms with E-state index in [0.717, 1.165) is 24.2 Å². The molecule has 0 aliphatic carbocycles. The number of ether oxygens (including phenoxy) is 1. The predicted octanol–water partition coefficient (Wildman–Crippen LogP) is 4.53. The maximum Gasteiger partial charge on any atom is 0.292 e. The highest BCUT2D eigenvalue weighted by Gasteiger charge is 2.33. The largest absolute Gasteiger partial charge is 0.377 e. The molecular formula is C24H29N5O. The molecule has 0 radical (unpaired) electrons. The van der Waals surface area contributed by atoms with Crippen molar-refractivity contribution in [1.82, 2.24) is 9.47 Å². The zero-order valence-corrected chi connectivity index (χ0v) is 18.2. The average molecular weight is 404 g/mol. The number of hydrogen-bond acceptors (Lipinski definition) is 5. The van der Waals surface area contributed by atoms with Crippen LogP contribution in [0.1, 0.15) is 38.8 Å². The van der Waals surface area contributed by atoms with Gasteiger partial charge >= 0.3 is 0 Å². The Hall–Kier alpha value is -3.56. The second-order valence-electron chi connectivity index (χ2n) is 6.91. The number of anilines is 1. The first-order valence-electron chi connectivity index (χ1n) is 10.3. The Labute approximate surface area is 180 Å². The maximum atomic E-state index is 9.11. The molecule has 0 bridgehead atoms. The Morgan fingerprint density at radius 2 is 2.03 bits per heavy atom. The molecule has 1 aliphatic heterocycles. The SMILES string of the molecule is C=C1C(CC)C(n2c#cc(OC#N)c2)Cc2ccccc2N1CCN(C)C#N.CC. The molecule has 156 valence electrons. The molecule has 1 aromatic carbocycles. The number of likely N-dealkylation sites (N-methyl/N-ethyl adjacent to an activating group) is 1. The first-order chi connectivity index (χ1) is 14.6. The monoisotopic (exact) mass is 403 g/mol. The summed E-state index contributed by atoms with van der Waals surface area (Å²) < 4.78 is 6.85. The van der Waals surface area contributed by atoms with Gasteiger partial charge in [0.1, 0.15) is 0 Å². The van der Waals surface area contributed by atoms with Crippen molar-refractivity contribution < 1.29 is 4.74 Å². The Kier molecular flexibility index (Phi) is 8.21. The third-order valence-electron chi connectivity index (χ3n) is 5.30. The topological polar surface area (TPSA) is 68.2 Å². The number of nitrogens with zero attached hydrogens (tertiary/aromatic N) is 5. The Morgan fingerprint density at radius 3 is 2.70 bits per heavy atom. The molecule has 1 aromatic heterocycles. The van der Waals surface area contributed by atoms with Gasteiger partial charge in [0, 0.05) is 43.6 Å². The first-order valence-corrected chi connectivity index (χ1v) is 10.3. The number of para-hydroxylation sites is 1. The number of nitriles is 2. The number of aromatic nitrogens is 1. The fourth-order valence-electron chi connectivity index (χ4n) is 3.85. The lowest BCUT2D eigenvalue weighted by atomic mass is 9.90. The van der Waals surface area contributed by atoms with Crippen LogP contribution in [0.4, 0.5) is 5.69 Å². The van der Waals surface area contributed by atoms with Gasteiger partial charge in [0.25, 0.3) is 6.26 Å². The van der Waals surface area contributed by atoms with E-state index >= 15 is 0 Å². The van der Waals surface area contributed by atoms with Crippen molar-refractivity contribution in [3.8, 4) is 18.2 Å². The fourth-order valence-corrected chi connectivity index (χ4v) is 3.85. The van der Waals surface area contributed by atoms with Gasteiger partial charge in [-0.15, -0.1) is 5.26 Å². The van der Waals surface area contributed by atoms with Crippen LogP contribution in [0.2, 0.25) is 0 Å². The summed E-state index contributed by atoms with van der Waals surface area (Å²) in [5.74, 6) is 0.541. The minimum atomic E-state index is 0.0876. The number of hydrogen-bond donors (Lipinski definition) is 0. The van der Waals surface area contributed by atoms with Crippen LogP contribution in [-0.2, 0) is 6.42 Å². The van der Waals surface area contributed by atoms with E-state index in [1.54, 1.807) is 24.4 Å². The molecule has 0 fully saturated rings. The summed E-state index contributed by atoms with van der Waals surface area (Å²) in [5.41, 5.74) is 3.37. The molecular weight excluding hydrogens is 374 g/mol. The average Bonchev–Trinajstić information content (AvgIpc) is 3.20. The zero-order valence-electron chi connectivity index (χ0n) is 18.2. The lowest BCUT2D eigenvalue weighted by molar-refractivity contribution is 0.356. The zero-order chi connectivity index (χ0) is 22.1. The molecule has 30 heavy (non-hydrogen) atoms. The molecule has 3 rings (SSSR count). The van der Waals surface area contributed by atoms with Crippen molar-refractivity contribution in [1.29, 1.82) is 10.5 Å². The van der Waals surface area contributed by atoms with Crippen molar-refractivity contribution in [3.63, 3.8) is 0 Å². The van der Waals surface area contributed by atoms with E-state index in [9.17, 15) is 0 Å². The highest BCUT2D eigenvalue weighted by molar-refractivity contribution is 5.59. The lowest BCUT2D eigenvalue weighted by Crippen LogP contribution is -2.34. The van der Waals surface area contributed by atoms with Crippen LogP contribution in [0, 0.1) is 41.2 Å². The van der Waals surface area contributed by atoms with Crippen molar-refractivity contribution in [2.24, 2.45) is 5.92 Å². The van der Waals surface area contributed by atoms with E-state index in [-0.39, 0.29) is 12.0 Å². The van der Waals surface area contributed by atoms with E-state index < -0.39 is 0 Å². The van der Waals surface area contributed by atoms with Gasteiger partial charge in [0.15, 0.2) is 6.19 Å². The van der Waals surface area contributed by atoms with Crippen molar-refractivity contribution in [3.05, 3.63) is 60.6 Å². The van der Waals surface area contributed by atoms with Crippen molar-refractivity contribution >= 4 is 5.69 Å². The molecule has 6 heteroatoms. The third kappa shape index (κ3) is 4.88. The van der Waals surface area contributed by atoms with Crippen LogP contribution in [0.5, 0.6) is 5.75 Å². The molecule has 2 atom stereocenters. The Morgan fingerprint density at radius 1 is 1.30 bits per heavy atom. The van der Waals surface area contributed by atoms with Gasteiger partial charge in [-0.2, -0.15) is 5.26 Å². The van der Waals surface area contributed by atoms with Crippen molar-refractivity contribution in [2.45, 2.75) is 39.7 Å². The van der Waals surface area contributed by atoms with E-state index in [0.29, 0.717) is 18.8 Å². The summed E-state index contributed by atoms with van der Waals surface area (Å²) in [4.78, 5) is 3.86. The number of rotatable bonds is 6. The molecule has 0 amide bonds. The van der Waals surface area contributed by atoms with E-state index in [4.69, 9.17) is 15.3 Å². The van der Waals surface area contributed by atoms with Gasteiger partial charge in [0.05, 0.1) is 12.2 Å². The molecule has 0 N–H and O–H groups in total. The molecule has 2 heterocycles. The minimum absolute atomic E-state index is 0.0876. The summed E-state index contributed by atoms with van der Waals surface area (Å²) in [6, 6.07) is 11.3. The summed E-state index contributed by atoms with van der Waals surface area (Å²) >= 11 is 0. The van der Waals surface area contributed by atoms with E-state index in [2.05, 4.69) is 49.0 Å². The fraction of sp³-hybridized carbons (Fsp3) is 0.417. The standard InChI is InChI=1S/C22H23N5O.C2H6/c1-4-20-17(2)27(12-11-25(3)15-23)21-8-6-5-7-18(21)13-22(20)26-10-9-19(14-26)28-16-24;1-2/h5-8,14,20,22H,2,4,11-13H2,1,3H3;1-2H3. The minimum Gasteiger partial charge on any atom is -0.377 e. The molecule has 6 nitrogen and oxygen atoms in total. The van der Waals surface area contributed by atoms with Gasteiger partial charge in [-0.1, -0.05) is 45.5 Å². The molecule has 1 aliphatic rings. The van der Waals surface area contributed by atoms with Crippen LogP contribution in [0.3, 0.4) is 0 Å². The summed E-state index contributed by atoms with van der Waals surface area (Å²) in [6.07, 6.45) is 10.4. The van der Waals surface area contributed by atoms with Crippen molar-refractivity contribution in [2.75, 3.05) is 25.0 Å². The Balaban J connectivity index is 0.00000155. The number of benzene rings is 1. The van der Waals surface area contributed by atoms with Gasteiger partial charge in [-0.05, 0) is 30.5 Å². The van der Waals surface area contributed by atoms with Crippen LogP contribution in [-0.4, -0.2) is 29.6 Å². The molecule has 0 spiro atoms. The van der Waals surface area contributed by atoms with E-state index in [1.165, 1.54) is 5.56 Å². The van der Waals surface area contributed by atoms with Gasteiger partial charge < -0.3 is 14.5 Å².